The first kappa shape index (κ1) is 13.5. The van der Waals surface area contributed by atoms with E-state index in [4.69, 9.17) is 10.5 Å². The van der Waals surface area contributed by atoms with Gasteiger partial charge in [0.2, 0.25) is 5.88 Å². The van der Waals surface area contributed by atoms with Gasteiger partial charge in [0.15, 0.2) is 11.6 Å². The Kier molecular flexibility index (Phi) is 4.12. The zero-order chi connectivity index (χ0) is 13.8. The predicted octanol–water partition coefficient (Wildman–Crippen LogP) is 3.34. The summed E-state index contributed by atoms with van der Waals surface area (Å²) >= 11 is 0. The number of benzene rings is 1. The predicted molar refractivity (Wildman–Crippen MR) is 72.7 cm³/mol. The molecule has 0 fully saturated rings. The fourth-order valence-electron chi connectivity index (χ4n) is 1.78. The summed E-state index contributed by atoms with van der Waals surface area (Å²) < 4.78 is 19.4. The van der Waals surface area contributed by atoms with E-state index in [-0.39, 0.29) is 11.6 Å². The van der Waals surface area contributed by atoms with E-state index in [1.54, 1.807) is 31.2 Å². The summed E-state index contributed by atoms with van der Waals surface area (Å²) in [5.41, 5.74) is 7.98. The highest BCUT2D eigenvalue weighted by molar-refractivity contribution is 5.34. The molecule has 0 aliphatic heterocycles. The Hall–Kier alpha value is -1.94. The first-order valence-corrected chi connectivity index (χ1v) is 6.27. The third kappa shape index (κ3) is 3.09. The van der Waals surface area contributed by atoms with Crippen LogP contribution < -0.4 is 10.5 Å². The fourth-order valence-corrected chi connectivity index (χ4v) is 1.78. The van der Waals surface area contributed by atoms with E-state index in [1.807, 2.05) is 13.0 Å². The van der Waals surface area contributed by atoms with Crippen LogP contribution in [0.15, 0.2) is 30.3 Å². The summed E-state index contributed by atoms with van der Waals surface area (Å²) in [5, 5.41) is 0. The average Bonchev–Trinajstić information content (AvgIpc) is 2.43. The molecule has 2 rings (SSSR count). The van der Waals surface area contributed by atoms with Crippen molar-refractivity contribution in [1.29, 1.82) is 0 Å². The van der Waals surface area contributed by atoms with Gasteiger partial charge in [-0.2, -0.15) is 0 Å². The number of nitrogens with zero attached hydrogens (tertiary/aromatic N) is 1. The first-order valence-electron chi connectivity index (χ1n) is 6.27. The normalized spacial score (nSPS) is 10.5. The summed E-state index contributed by atoms with van der Waals surface area (Å²) in [7, 11) is 0. The van der Waals surface area contributed by atoms with Gasteiger partial charge in [-0.25, -0.2) is 9.37 Å². The Bertz CT molecular complexity index is 562. The van der Waals surface area contributed by atoms with Crippen LogP contribution in [0.25, 0.3) is 0 Å². The highest BCUT2D eigenvalue weighted by atomic mass is 19.1. The Morgan fingerprint density at radius 1 is 1.32 bits per heavy atom. The second-order valence-corrected chi connectivity index (χ2v) is 4.35. The SMILES string of the molecule is CCc1cc(CN)cc(Oc2cccc(C)c2F)n1. The van der Waals surface area contributed by atoms with Crippen molar-refractivity contribution >= 4 is 0 Å². The van der Waals surface area contributed by atoms with Crippen molar-refractivity contribution in [3.8, 4) is 11.6 Å². The molecule has 2 aromatic rings. The van der Waals surface area contributed by atoms with Gasteiger partial charge in [0.25, 0.3) is 0 Å². The molecule has 0 bridgehead atoms. The van der Waals surface area contributed by atoms with Gasteiger partial charge in [-0.05, 0) is 36.6 Å². The maximum absolute atomic E-state index is 13.9. The molecule has 0 radical (unpaired) electrons. The average molecular weight is 260 g/mol. The zero-order valence-corrected chi connectivity index (χ0v) is 11.1. The molecule has 0 amide bonds. The van der Waals surface area contributed by atoms with Crippen molar-refractivity contribution in [2.75, 3.05) is 0 Å². The molecule has 0 aliphatic carbocycles. The molecule has 3 nitrogen and oxygen atoms in total. The molecule has 0 unspecified atom stereocenters. The van der Waals surface area contributed by atoms with Crippen LogP contribution >= 0.6 is 0 Å². The van der Waals surface area contributed by atoms with E-state index >= 15 is 0 Å². The van der Waals surface area contributed by atoms with Crippen LogP contribution in [0, 0.1) is 12.7 Å². The fraction of sp³-hybridized carbons (Fsp3) is 0.267. The summed E-state index contributed by atoms with van der Waals surface area (Å²) in [6.45, 7) is 4.10. The number of pyridine rings is 1. The topological polar surface area (TPSA) is 48.1 Å². The molecular weight excluding hydrogens is 243 g/mol. The maximum atomic E-state index is 13.9. The quantitative estimate of drug-likeness (QED) is 0.917. The molecule has 0 saturated heterocycles. The molecule has 1 heterocycles. The molecule has 0 saturated carbocycles. The van der Waals surface area contributed by atoms with Crippen LogP contribution in [-0.4, -0.2) is 4.98 Å². The third-order valence-electron chi connectivity index (χ3n) is 2.88. The van der Waals surface area contributed by atoms with Crippen LogP contribution in [0.4, 0.5) is 4.39 Å². The maximum Gasteiger partial charge on any atom is 0.219 e. The largest absolute Gasteiger partial charge is 0.436 e. The first-order chi connectivity index (χ1) is 9.13. The van der Waals surface area contributed by atoms with Crippen LogP contribution in [0.3, 0.4) is 0 Å². The summed E-state index contributed by atoms with van der Waals surface area (Å²) in [5.74, 6) is 0.202. The van der Waals surface area contributed by atoms with Gasteiger partial charge >= 0.3 is 0 Å². The number of aryl methyl sites for hydroxylation is 2. The van der Waals surface area contributed by atoms with E-state index in [0.29, 0.717) is 18.0 Å². The van der Waals surface area contributed by atoms with Crippen LogP contribution in [0.1, 0.15) is 23.7 Å². The van der Waals surface area contributed by atoms with Crippen molar-refractivity contribution in [3.63, 3.8) is 0 Å². The van der Waals surface area contributed by atoms with Gasteiger partial charge in [-0.3, -0.25) is 0 Å². The van der Waals surface area contributed by atoms with Crippen molar-refractivity contribution in [2.45, 2.75) is 26.8 Å². The minimum Gasteiger partial charge on any atom is -0.436 e. The van der Waals surface area contributed by atoms with Crippen LogP contribution in [0.5, 0.6) is 11.6 Å². The number of hydrogen-bond donors (Lipinski definition) is 1. The van der Waals surface area contributed by atoms with Gasteiger partial charge in [0.05, 0.1) is 0 Å². The lowest BCUT2D eigenvalue weighted by atomic mass is 10.2. The van der Waals surface area contributed by atoms with E-state index in [0.717, 1.165) is 17.7 Å². The number of rotatable bonds is 4. The molecule has 0 spiro atoms. The van der Waals surface area contributed by atoms with Crippen LogP contribution in [-0.2, 0) is 13.0 Å². The molecule has 19 heavy (non-hydrogen) atoms. The Labute approximate surface area is 112 Å². The van der Waals surface area contributed by atoms with Crippen molar-refractivity contribution in [3.05, 3.63) is 53.0 Å². The molecular formula is C15H17FN2O. The number of hydrogen-bond acceptors (Lipinski definition) is 3. The van der Waals surface area contributed by atoms with Crippen molar-refractivity contribution in [1.82, 2.24) is 4.98 Å². The number of ether oxygens (including phenoxy) is 1. The van der Waals surface area contributed by atoms with Gasteiger partial charge in [0.1, 0.15) is 0 Å². The Balaban J connectivity index is 2.34. The Morgan fingerprint density at radius 2 is 2.11 bits per heavy atom. The van der Waals surface area contributed by atoms with E-state index in [9.17, 15) is 4.39 Å². The number of halogens is 1. The van der Waals surface area contributed by atoms with Crippen molar-refractivity contribution in [2.24, 2.45) is 5.73 Å². The second kappa shape index (κ2) is 5.80. The highest BCUT2D eigenvalue weighted by Crippen LogP contribution is 2.25. The van der Waals surface area contributed by atoms with E-state index in [2.05, 4.69) is 4.98 Å². The summed E-state index contributed by atoms with van der Waals surface area (Å²) in [4.78, 5) is 4.32. The van der Waals surface area contributed by atoms with Crippen molar-refractivity contribution < 1.29 is 9.13 Å². The second-order valence-electron chi connectivity index (χ2n) is 4.35. The molecule has 2 N–H and O–H groups in total. The molecule has 0 aliphatic rings. The Morgan fingerprint density at radius 3 is 2.79 bits per heavy atom. The number of nitrogens with two attached hydrogens (primary N) is 1. The van der Waals surface area contributed by atoms with Gasteiger partial charge in [-0.1, -0.05) is 19.1 Å². The van der Waals surface area contributed by atoms with E-state index < -0.39 is 0 Å². The minimum atomic E-state index is -0.361. The van der Waals surface area contributed by atoms with Gasteiger partial charge < -0.3 is 10.5 Å². The number of aromatic nitrogens is 1. The smallest absolute Gasteiger partial charge is 0.219 e. The highest BCUT2D eigenvalue weighted by Gasteiger charge is 2.09. The minimum absolute atomic E-state index is 0.184. The monoisotopic (exact) mass is 260 g/mol. The van der Waals surface area contributed by atoms with Gasteiger partial charge in [0, 0.05) is 18.3 Å². The molecule has 1 aromatic heterocycles. The lowest BCUT2D eigenvalue weighted by Gasteiger charge is -2.10. The van der Waals surface area contributed by atoms with Crippen LogP contribution in [0.2, 0.25) is 0 Å². The summed E-state index contributed by atoms with van der Waals surface area (Å²) in [6.07, 6.45) is 0.778. The molecule has 0 atom stereocenters. The van der Waals surface area contributed by atoms with E-state index in [1.165, 1.54) is 0 Å². The molecule has 100 valence electrons. The van der Waals surface area contributed by atoms with Gasteiger partial charge in [-0.15, -0.1) is 0 Å². The third-order valence-corrected chi connectivity index (χ3v) is 2.88. The molecule has 1 aromatic carbocycles. The standard InChI is InChI=1S/C15H17FN2O/c1-3-12-7-11(9-17)8-14(18-12)19-13-6-4-5-10(2)15(13)16/h4-8H,3,9,17H2,1-2H3. The zero-order valence-electron chi connectivity index (χ0n) is 11.1. The lowest BCUT2D eigenvalue weighted by molar-refractivity contribution is 0.423. The molecule has 4 heteroatoms. The summed E-state index contributed by atoms with van der Waals surface area (Å²) in [6, 6.07) is 8.70. The lowest BCUT2D eigenvalue weighted by Crippen LogP contribution is -2.01.